The molecule has 0 saturated heterocycles. The Morgan fingerprint density at radius 2 is 2.00 bits per heavy atom. The third-order valence-corrected chi connectivity index (χ3v) is 3.66. The van der Waals surface area contributed by atoms with Gasteiger partial charge in [-0.1, -0.05) is 0 Å². The fourth-order valence-corrected chi connectivity index (χ4v) is 2.60. The Hall–Kier alpha value is -1.38. The lowest BCUT2D eigenvalue weighted by atomic mass is 10.3. The lowest BCUT2D eigenvalue weighted by molar-refractivity contribution is 0.0683. The highest BCUT2D eigenvalue weighted by Crippen LogP contribution is 2.18. The Morgan fingerprint density at radius 1 is 1.44 bits per heavy atom. The molecule has 18 heavy (non-hydrogen) atoms. The second-order valence-electron chi connectivity index (χ2n) is 4.36. The predicted molar refractivity (Wildman–Crippen MR) is 65.8 cm³/mol. The minimum atomic E-state index is -3.74. The van der Waals surface area contributed by atoms with Gasteiger partial charge in [-0.25, -0.2) is 18.2 Å². The lowest BCUT2D eigenvalue weighted by Crippen LogP contribution is -2.35. The molecule has 0 bridgehead atoms. The van der Waals surface area contributed by atoms with E-state index in [4.69, 9.17) is 5.11 Å². The highest BCUT2D eigenvalue weighted by Gasteiger charge is 2.22. The SMILES string of the molecule is CC(C)n1cc(S(=O)(=O)NN(C)C)cc1C(=O)O. The van der Waals surface area contributed by atoms with Gasteiger partial charge in [0.05, 0.1) is 0 Å². The van der Waals surface area contributed by atoms with Crippen molar-refractivity contribution in [3.8, 4) is 0 Å². The zero-order chi connectivity index (χ0) is 14.1. The molecule has 0 radical (unpaired) electrons. The Bertz CT molecular complexity index is 545. The summed E-state index contributed by atoms with van der Waals surface area (Å²) in [4.78, 5) is 13.2. The van der Waals surface area contributed by atoms with E-state index in [9.17, 15) is 13.2 Å². The van der Waals surface area contributed by atoms with Gasteiger partial charge in [0.1, 0.15) is 10.6 Å². The summed E-state index contributed by atoms with van der Waals surface area (Å²) in [5, 5.41) is 10.3. The van der Waals surface area contributed by atoms with Crippen molar-refractivity contribution in [2.45, 2.75) is 24.8 Å². The van der Waals surface area contributed by atoms with Crippen LogP contribution < -0.4 is 4.83 Å². The first-order valence-corrected chi connectivity index (χ1v) is 6.78. The summed E-state index contributed by atoms with van der Waals surface area (Å²) in [7, 11) is -0.663. The van der Waals surface area contributed by atoms with Crippen molar-refractivity contribution in [3.63, 3.8) is 0 Å². The molecule has 1 aromatic heterocycles. The molecule has 0 atom stereocenters. The maximum absolute atomic E-state index is 11.9. The van der Waals surface area contributed by atoms with Crippen molar-refractivity contribution in [3.05, 3.63) is 18.0 Å². The number of rotatable bonds is 5. The van der Waals surface area contributed by atoms with Crippen LogP contribution >= 0.6 is 0 Å². The molecule has 0 unspecified atom stereocenters. The van der Waals surface area contributed by atoms with Crippen LogP contribution in [0.5, 0.6) is 0 Å². The van der Waals surface area contributed by atoms with E-state index < -0.39 is 16.0 Å². The average molecular weight is 275 g/mol. The van der Waals surface area contributed by atoms with Crippen LogP contribution in [-0.2, 0) is 10.0 Å². The summed E-state index contributed by atoms with van der Waals surface area (Å²) in [5.74, 6) is -1.16. The van der Waals surface area contributed by atoms with Crippen molar-refractivity contribution in [1.82, 2.24) is 14.4 Å². The summed E-state index contributed by atoms with van der Waals surface area (Å²) >= 11 is 0. The van der Waals surface area contributed by atoms with Gasteiger partial charge in [0, 0.05) is 26.3 Å². The van der Waals surface area contributed by atoms with Gasteiger partial charge < -0.3 is 9.67 Å². The number of aromatic carboxylic acids is 1. The molecule has 1 rings (SSSR count). The highest BCUT2D eigenvalue weighted by atomic mass is 32.2. The van der Waals surface area contributed by atoms with Crippen LogP contribution in [0, 0.1) is 0 Å². The van der Waals surface area contributed by atoms with Gasteiger partial charge in [0.25, 0.3) is 10.0 Å². The van der Waals surface area contributed by atoms with Crippen LogP contribution in [0.3, 0.4) is 0 Å². The molecule has 0 aliphatic carbocycles. The minimum absolute atomic E-state index is 0.0517. The number of hydrogen-bond acceptors (Lipinski definition) is 4. The number of hydrazine groups is 1. The van der Waals surface area contributed by atoms with E-state index in [2.05, 4.69) is 4.83 Å². The van der Waals surface area contributed by atoms with E-state index in [1.807, 2.05) is 0 Å². The quantitative estimate of drug-likeness (QED) is 0.764. The van der Waals surface area contributed by atoms with Crippen LogP contribution in [0.1, 0.15) is 30.4 Å². The van der Waals surface area contributed by atoms with Crippen molar-refractivity contribution < 1.29 is 18.3 Å². The maximum Gasteiger partial charge on any atom is 0.352 e. The molecular weight excluding hydrogens is 258 g/mol. The highest BCUT2D eigenvalue weighted by molar-refractivity contribution is 7.89. The summed E-state index contributed by atoms with van der Waals surface area (Å²) in [6, 6.07) is 1.01. The molecule has 0 fully saturated rings. The third kappa shape index (κ3) is 3.09. The Balaban J connectivity index is 3.28. The molecule has 0 aliphatic heterocycles. The van der Waals surface area contributed by atoms with Crippen LogP contribution in [0.2, 0.25) is 0 Å². The normalized spacial score (nSPS) is 12.3. The molecule has 0 aromatic carbocycles. The topological polar surface area (TPSA) is 91.6 Å². The Kier molecular flexibility index (Phi) is 4.15. The number of nitrogens with one attached hydrogen (secondary N) is 1. The maximum atomic E-state index is 11.9. The van der Waals surface area contributed by atoms with Crippen LogP contribution in [-0.4, -0.2) is 43.2 Å². The number of carboxylic acids is 1. The smallest absolute Gasteiger partial charge is 0.352 e. The van der Waals surface area contributed by atoms with Gasteiger partial charge in [0.2, 0.25) is 0 Å². The fourth-order valence-electron chi connectivity index (χ4n) is 1.49. The molecule has 0 aliphatic rings. The number of aromatic nitrogens is 1. The Morgan fingerprint density at radius 3 is 2.33 bits per heavy atom. The molecule has 1 heterocycles. The fraction of sp³-hybridized carbons (Fsp3) is 0.500. The van der Waals surface area contributed by atoms with Crippen LogP contribution in [0.15, 0.2) is 17.2 Å². The predicted octanol–water partition coefficient (Wildman–Crippen LogP) is 0.522. The van der Waals surface area contributed by atoms with Crippen molar-refractivity contribution >= 4 is 16.0 Å². The molecule has 102 valence electrons. The molecule has 0 amide bonds. The molecule has 0 spiro atoms. The number of hydrogen-bond donors (Lipinski definition) is 2. The van der Waals surface area contributed by atoms with Gasteiger partial charge in [0.15, 0.2) is 0 Å². The zero-order valence-corrected chi connectivity index (χ0v) is 11.5. The number of carboxylic acid groups (broad SMARTS) is 1. The number of carbonyl (C=O) groups is 1. The molecular formula is C10H17N3O4S. The summed E-state index contributed by atoms with van der Waals surface area (Å²) in [6.45, 7) is 3.56. The summed E-state index contributed by atoms with van der Waals surface area (Å²) in [5.41, 5.74) is -0.0517. The van der Waals surface area contributed by atoms with Gasteiger partial charge in [-0.3, -0.25) is 0 Å². The molecule has 0 saturated carbocycles. The Labute approximate surface area is 106 Å². The minimum Gasteiger partial charge on any atom is -0.477 e. The standard InChI is InChI=1S/C10H17N3O4S/c1-7(2)13-6-8(5-9(13)10(14)15)18(16,17)11-12(3)4/h5-7,11H,1-4H3,(H,14,15). The average Bonchev–Trinajstić information content (AvgIpc) is 2.59. The first kappa shape index (κ1) is 14.7. The van der Waals surface area contributed by atoms with Gasteiger partial charge >= 0.3 is 5.97 Å². The van der Waals surface area contributed by atoms with Crippen LogP contribution in [0.4, 0.5) is 0 Å². The summed E-state index contributed by atoms with van der Waals surface area (Å²) in [6.07, 6.45) is 1.32. The monoisotopic (exact) mass is 275 g/mol. The molecule has 2 N–H and O–H groups in total. The van der Waals surface area contributed by atoms with Crippen LogP contribution in [0.25, 0.3) is 0 Å². The van der Waals surface area contributed by atoms with Gasteiger partial charge in [-0.15, -0.1) is 4.83 Å². The lowest BCUT2D eigenvalue weighted by Gasteiger charge is -2.11. The van der Waals surface area contributed by atoms with E-state index >= 15 is 0 Å². The number of nitrogens with zero attached hydrogens (tertiary/aromatic N) is 2. The van der Waals surface area contributed by atoms with Crippen molar-refractivity contribution in [2.75, 3.05) is 14.1 Å². The second kappa shape index (κ2) is 5.09. The van der Waals surface area contributed by atoms with E-state index in [1.165, 1.54) is 29.9 Å². The van der Waals surface area contributed by atoms with E-state index in [0.29, 0.717) is 0 Å². The van der Waals surface area contributed by atoms with E-state index in [0.717, 1.165) is 6.07 Å². The van der Waals surface area contributed by atoms with Gasteiger partial charge in [-0.2, -0.15) is 0 Å². The third-order valence-electron chi connectivity index (χ3n) is 2.21. The molecule has 8 heteroatoms. The van der Waals surface area contributed by atoms with E-state index in [-0.39, 0.29) is 16.6 Å². The van der Waals surface area contributed by atoms with Crippen molar-refractivity contribution in [2.24, 2.45) is 0 Å². The molecule has 7 nitrogen and oxygen atoms in total. The first-order chi connectivity index (χ1) is 8.15. The summed E-state index contributed by atoms with van der Waals surface area (Å²) < 4.78 is 25.2. The largest absolute Gasteiger partial charge is 0.477 e. The second-order valence-corrected chi connectivity index (χ2v) is 6.02. The van der Waals surface area contributed by atoms with E-state index in [1.54, 1.807) is 13.8 Å². The number of sulfonamides is 1. The van der Waals surface area contributed by atoms with Crippen molar-refractivity contribution in [1.29, 1.82) is 0 Å². The molecule has 1 aromatic rings. The first-order valence-electron chi connectivity index (χ1n) is 5.30. The van der Waals surface area contributed by atoms with Gasteiger partial charge in [-0.05, 0) is 19.9 Å². The zero-order valence-electron chi connectivity index (χ0n) is 10.7.